The lowest BCUT2D eigenvalue weighted by atomic mass is 9.79. The largest absolute Gasteiger partial charge is 0.299 e. The van der Waals surface area contributed by atoms with Crippen LogP contribution >= 0.6 is 15.9 Å². The van der Waals surface area contributed by atoms with E-state index in [4.69, 9.17) is 0 Å². The molecule has 0 N–H and O–H groups in total. The Morgan fingerprint density at radius 3 is 2.86 bits per heavy atom. The molecule has 21 heavy (non-hydrogen) atoms. The third kappa shape index (κ3) is 3.08. The van der Waals surface area contributed by atoms with E-state index in [2.05, 4.69) is 28.1 Å². The Morgan fingerprint density at radius 2 is 2.05 bits per heavy atom. The molecule has 0 aliphatic heterocycles. The second-order valence-electron chi connectivity index (χ2n) is 5.54. The van der Waals surface area contributed by atoms with Crippen LogP contribution < -0.4 is 0 Å². The first kappa shape index (κ1) is 14.5. The number of carbonyl (C=O) groups excluding carboxylic acids is 1. The van der Waals surface area contributed by atoms with Gasteiger partial charge in [0.25, 0.3) is 0 Å². The molecule has 0 bridgehead atoms. The summed E-state index contributed by atoms with van der Waals surface area (Å²) in [6, 6.07) is 13.0. The summed E-state index contributed by atoms with van der Waals surface area (Å²) in [4.78, 5) is 12.6. The number of ketones is 1. The average molecular weight is 347 g/mol. The molecule has 108 valence electrons. The quantitative estimate of drug-likeness (QED) is 0.778. The zero-order valence-corrected chi connectivity index (χ0v) is 13.2. The molecule has 0 saturated carbocycles. The molecule has 0 radical (unpaired) electrons. The first-order chi connectivity index (χ1) is 10.1. The molecule has 1 atom stereocenters. The van der Waals surface area contributed by atoms with E-state index >= 15 is 0 Å². The lowest BCUT2D eigenvalue weighted by Crippen LogP contribution is -2.20. The topological polar surface area (TPSA) is 17.1 Å². The predicted octanol–water partition coefficient (Wildman–Crippen LogP) is 4.82. The van der Waals surface area contributed by atoms with Gasteiger partial charge in [-0.05, 0) is 64.0 Å². The van der Waals surface area contributed by atoms with E-state index in [0.717, 1.165) is 24.8 Å². The molecule has 0 saturated heterocycles. The minimum absolute atomic E-state index is 0.0150. The molecular formula is C18H16BrFO. The van der Waals surface area contributed by atoms with Crippen LogP contribution in [0.25, 0.3) is 0 Å². The van der Waals surface area contributed by atoms with Gasteiger partial charge in [-0.1, -0.05) is 30.3 Å². The van der Waals surface area contributed by atoms with E-state index in [0.29, 0.717) is 10.9 Å². The van der Waals surface area contributed by atoms with Gasteiger partial charge < -0.3 is 0 Å². The van der Waals surface area contributed by atoms with Crippen LogP contribution in [0.3, 0.4) is 0 Å². The van der Waals surface area contributed by atoms with Crippen molar-refractivity contribution < 1.29 is 9.18 Å². The van der Waals surface area contributed by atoms with Crippen molar-refractivity contribution in [2.45, 2.75) is 31.6 Å². The van der Waals surface area contributed by atoms with Gasteiger partial charge in [-0.2, -0.15) is 0 Å². The lowest BCUT2D eigenvalue weighted by Gasteiger charge is -2.24. The highest BCUT2D eigenvalue weighted by Gasteiger charge is 2.25. The Morgan fingerprint density at radius 1 is 1.24 bits per heavy atom. The summed E-state index contributed by atoms with van der Waals surface area (Å²) in [5, 5.41) is 0. The molecule has 0 spiro atoms. The molecule has 1 aliphatic carbocycles. The minimum Gasteiger partial charge on any atom is -0.299 e. The zero-order valence-electron chi connectivity index (χ0n) is 11.6. The van der Waals surface area contributed by atoms with Gasteiger partial charge in [0.2, 0.25) is 0 Å². The number of hydrogen-bond donors (Lipinski definition) is 0. The molecule has 0 amide bonds. The van der Waals surface area contributed by atoms with E-state index in [-0.39, 0.29) is 17.5 Å². The summed E-state index contributed by atoms with van der Waals surface area (Å²) in [7, 11) is 0. The second kappa shape index (κ2) is 6.10. The fraction of sp³-hybridized carbons (Fsp3) is 0.278. The van der Waals surface area contributed by atoms with Crippen LogP contribution in [0.15, 0.2) is 46.9 Å². The summed E-state index contributed by atoms with van der Waals surface area (Å²) < 4.78 is 13.7. The molecule has 1 nitrogen and oxygen atoms in total. The van der Waals surface area contributed by atoms with Gasteiger partial charge in [0, 0.05) is 12.3 Å². The summed E-state index contributed by atoms with van der Waals surface area (Å²) in [6.45, 7) is 0. The number of halogens is 2. The SMILES string of the molecule is O=C(Cc1ccc(F)c(Br)c1)C1CCCc2ccccc21. The van der Waals surface area contributed by atoms with Crippen molar-refractivity contribution >= 4 is 21.7 Å². The van der Waals surface area contributed by atoms with E-state index in [1.165, 1.54) is 17.2 Å². The van der Waals surface area contributed by atoms with Crippen molar-refractivity contribution in [3.05, 3.63) is 69.4 Å². The maximum atomic E-state index is 13.3. The van der Waals surface area contributed by atoms with Gasteiger partial charge in [0.05, 0.1) is 4.47 Å². The number of rotatable bonds is 3. The molecule has 3 rings (SSSR count). The highest BCUT2D eigenvalue weighted by atomic mass is 79.9. The van der Waals surface area contributed by atoms with E-state index < -0.39 is 0 Å². The number of hydrogen-bond acceptors (Lipinski definition) is 1. The number of carbonyl (C=O) groups is 1. The van der Waals surface area contributed by atoms with Gasteiger partial charge in [0.15, 0.2) is 0 Å². The molecule has 2 aromatic carbocycles. The Bertz CT molecular complexity index is 681. The smallest absolute Gasteiger partial charge is 0.144 e. The van der Waals surface area contributed by atoms with Crippen molar-refractivity contribution in [3.63, 3.8) is 0 Å². The number of fused-ring (bicyclic) bond motifs is 1. The molecule has 1 unspecified atom stereocenters. The van der Waals surface area contributed by atoms with Crippen LogP contribution in [0.4, 0.5) is 4.39 Å². The van der Waals surface area contributed by atoms with Crippen molar-refractivity contribution in [1.29, 1.82) is 0 Å². The molecule has 2 aromatic rings. The highest BCUT2D eigenvalue weighted by Crippen LogP contribution is 2.33. The van der Waals surface area contributed by atoms with Crippen LogP contribution in [-0.4, -0.2) is 5.78 Å². The maximum absolute atomic E-state index is 13.3. The van der Waals surface area contributed by atoms with Gasteiger partial charge in [-0.3, -0.25) is 4.79 Å². The number of Topliss-reactive ketones (excluding diaryl/α,β-unsaturated/α-hetero) is 1. The van der Waals surface area contributed by atoms with Crippen molar-refractivity contribution in [3.8, 4) is 0 Å². The summed E-state index contributed by atoms with van der Waals surface area (Å²) in [5.74, 6) is -0.0892. The maximum Gasteiger partial charge on any atom is 0.144 e. The van der Waals surface area contributed by atoms with Gasteiger partial charge in [0.1, 0.15) is 11.6 Å². The van der Waals surface area contributed by atoms with E-state index in [1.807, 2.05) is 12.1 Å². The molecule has 0 heterocycles. The first-order valence-corrected chi connectivity index (χ1v) is 7.99. The Kier molecular flexibility index (Phi) is 4.20. The Hall–Kier alpha value is -1.48. The van der Waals surface area contributed by atoms with Crippen LogP contribution in [0, 0.1) is 5.82 Å². The molecule has 0 aromatic heterocycles. The Balaban J connectivity index is 1.81. The molecular weight excluding hydrogens is 331 g/mol. The monoisotopic (exact) mass is 346 g/mol. The van der Waals surface area contributed by atoms with Crippen LogP contribution in [-0.2, 0) is 17.6 Å². The standard InChI is InChI=1S/C18H16BrFO/c19-16-10-12(8-9-17(16)20)11-18(21)15-7-3-5-13-4-1-2-6-14(13)15/h1-2,4,6,8-10,15H,3,5,7,11H2. The van der Waals surface area contributed by atoms with Crippen LogP contribution in [0.2, 0.25) is 0 Å². The summed E-state index contributed by atoms with van der Waals surface area (Å²) in [6.07, 6.45) is 3.39. The molecule has 3 heteroatoms. The van der Waals surface area contributed by atoms with Crippen molar-refractivity contribution in [2.24, 2.45) is 0 Å². The Labute approximate surface area is 132 Å². The minimum atomic E-state index is -0.297. The summed E-state index contributed by atoms with van der Waals surface area (Å²) in [5.41, 5.74) is 3.33. The van der Waals surface area contributed by atoms with Crippen molar-refractivity contribution in [2.75, 3.05) is 0 Å². The van der Waals surface area contributed by atoms with Crippen LogP contribution in [0.5, 0.6) is 0 Å². The highest BCUT2D eigenvalue weighted by molar-refractivity contribution is 9.10. The third-order valence-electron chi connectivity index (χ3n) is 4.12. The van der Waals surface area contributed by atoms with Crippen LogP contribution in [0.1, 0.15) is 35.4 Å². The van der Waals surface area contributed by atoms with E-state index in [9.17, 15) is 9.18 Å². The zero-order chi connectivity index (χ0) is 14.8. The fourth-order valence-electron chi connectivity index (χ4n) is 3.06. The first-order valence-electron chi connectivity index (χ1n) is 7.19. The van der Waals surface area contributed by atoms with Gasteiger partial charge in [-0.25, -0.2) is 4.39 Å². The van der Waals surface area contributed by atoms with E-state index in [1.54, 1.807) is 12.1 Å². The van der Waals surface area contributed by atoms with Gasteiger partial charge in [-0.15, -0.1) is 0 Å². The number of aryl methyl sites for hydroxylation is 1. The number of benzene rings is 2. The van der Waals surface area contributed by atoms with Crippen molar-refractivity contribution in [1.82, 2.24) is 0 Å². The predicted molar refractivity (Wildman–Crippen MR) is 84.9 cm³/mol. The molecule has 0 fully saturated rings. The van der Waals surface area contributed by atoms with Gasteiger partial charge >= 0.3 is 0 Å². The normalized spacial score (nSPS) is 17.3. The second-order valence-corrected chi connectivity index (χ2v) is 6.39. The third-order valence-corrected chi connectivity index (χ3v) is 4.73. The average Bonchev–Trinajstić information content (AvgIpc) is 2.50. The summed E-state index contributed by atoms with van der Waals surface area (Å²) >= 11 is 3.17. The fourth-order valence-corrected chi connectivity index (χ4v) is 3.49. The molecule has 1 aliphatic rings. The lowest BCUT2D eigenvalue weighted by molar-refractivity contribution is -0.120.